The topological polar surface area (TPSA) is 70.5 Å². The van der Waals surface area contributed by atoms with E-state index in [-0.39, 0.29) is 12.3 Å². The number of aryl methyl sites for hydroxylation is 3. The van der Waals surface area contributed by atoms with Crippen molar-refractivity contribution in [1.29, 1.82) is 0 Å². The zero-order valence-electron chi connectivity index (χ0n) is 19.3. The van der Waals surface area contributed by atoms with Crippen molar-refractivity contribution in [2.24, 2.45) is 0 Å². The van der Waals surface area contributed by atoms with E-state index in [1.54, 1.807) is 0 Å². The van der Waals surface area contributed by atoms with Crippen LogP contribution in [0.4, 0.5) is 0 Å². The number of hydrogen-bond donors (Lipinski definition) is 1. The fourth-order valence-electron chi connectivity index (χ4n) is 4.63. The molecule has 0 bridgehead atoms. The van der Waals surface area contributed by atoms with Crippen LogP contribution in [0.2, 0.25) is 0 Å². The maximum atomic E-state index is 13.0. The van der Waals surface area contributed by atoms with E-state index < -0.39 is 5.97 Å². The van der Waals surface area contributed by atoms with Crippen molar-refractivity contribution in [3.8, 4) is 11.1 Å². The number of fused-ring (bicyclic) bond motifs is 1. The second-order valence-corrected chi connectivity index (χ2v) is 8.82. The highest BCUT2D eigenvalue weighted by atomic mass is 16.4. The molecule has 5 heteroatoms. The number of hydrogen-bond acceptors (Lipinski definition) is 3. The number of aromatic nitrogens is 1. The summed E-state index contributed by atoms with van der Waals surface area (Å²) in [5, 5.41) is 9.55. The molecule has 1 aromatic heterocycles. The molecule has 2 aromatic carbocycles. The van der Waals surface area contributed by atoms with E-state index in [9.17, 15) is 14.7 Å². The smallest absolute Gasteiger partial charge is 0.307 e. The molecule has 0 spiro atoms. The first-order valence-corrected chi connectivity index (χ1v) is 11.5. The summed E-state index contributed by atoms with van der Waals surface area (Å²) in [4.78, 5) is 31.3. The molecule has 4 rings (SSSR count). The molecule has 3 aromatic rings. The van der Waals surface area contributed by atoms with Gasteiger partial charge in [-0.1, -0.05) is 60.2 Å². The molecule has 1 amide bonds. The molecule has 0 radical (unpaired) electrons. The summed E-state index contributed by atoms with van der Waals surface area (Å²) < 4.78 is 0. The highest BCUT2D eigenvalue weighted by Gasteiger charge is 2.27. The Morgan fingerprint density at radius 1 is 1.03 bits per heavy atom. The lowest BCUT2D eigenvalue weighted by molar-refractivity contribution is -0.136. The lowest BCUT2D eigenvalue weighted by Crippen LogP contribution is -2.37. The van der Waals surface area contributed by atoms with Crippen molar-refractivity contribution in [2.45, 2.75) is 52.5 Å². The van der Waals surface area contributed by atoms with Gasteiger partial charge in [-0.25, -0.2) is 0 Å². The minimum atomic E-state index is -0.877. The maximum absolute atomic E-state index is 13.0. The van der Waals surface area contributed by atoms with Gasteiger partial charge < -0.3 is 10.0 Å². The number of nitrogens with zero attached hydrogens (tertiary/aromatic N) is 2. The summed E-state index contributed by atoms with van der Waals surface area (Å²) in [6.45, 7) is 5.04. The number of carbonyl (C=O) groups is 2. The van der Waals surface area contributed by atoms with Gasteiger partial charge in [-0.15, -0.1) is 0 Å². The lowest BCUT2D eigenvalue weighted by Gasteiger charge is -2.31. The minimum Gasteiger partial charge on any atom is -0.481 e. The van der Waals surface area contributed by atoms with Crippen LogP contribution in [0.1, 0.15) is 46.5 Å². The van der Waals surface area contributed by atoms with Crippen LogP contribution in [0.3, 0.4) is 0 Å². The van der Waals surface area contributed by atoms with Gasteiger partial charge in [0.2, 0.25) is 5.91 Å². The van der Waals surface area contributed by atoms with Gasteiger partial charge in [-0.3, -0.25) is 14.6 Å². The van der Waals surface area contributed by atoms with E-state index in [4.69, 9.17) is 4.98 Å². The van der Waals surface area contributed by atoms with Gasteiger partial charge in [-0.05, 0) is 48.9 Å². The van der Waals surface area contributed by atoms with E-state index in [1.165, 1.54) is 5.56 Å². The fourth-order valence-corrected chi connectivity index (χ4v) is 4.63. The molecule has 0 fully saturated rings. The normalized spacial score (nSPS) is 13.0. The molecule has 0 saturated heterocycles. The number of rotatable bonds is 7. The van der Waals surface area contributed by atoms with Crippen LogP contribution in [0.25, 0.3) is 11.1 Å². The molecular formula is C28H30N2O3. The SMILES string of the molecule is Cc1ccc(-c2c(CC(=O)O)c(C)nc3c2CN(C(=O)CCCc2ccccc2)CC3)cc1. The standard InChI is InChI=1S/C28H30N2O3/c1-19-11-13-22(14-12-19)28-23(17-27(32)33)20(2)29-25-15-16-30(18-24(25)28)26(31)10-6-9-21-7-4-3-5-8-21/h3-5,7-8,11-14H,6,9-10,15-18H2,1-2H3,(H,32,33). The molecule has 0 aliphatic carbocycles. The van der Waals surface area contributed by atoms with E-state index in [0.29, 0.717) is 25.9 Å². The number of benzene rings is 2. The first-order valence-electron chi connectivity index (χ1n) is 11.5. The molecule has 170 valence electrons. The third kappa shape index (κ3) is 5.30. The third-order valence-corrected chi connectivity index (χ3v) is 6.38. The van der Waals surface area contributed by atoms with Crippen LogP contribution in [0, 0.1) is 13.8 Å². The molecule has 0 saturated carbocycles. The molecule has 5 nitrogen and oxygen atoms in total. The zero-order valence-corrected chi connectivity index (χ0v) is 19.3. The molecular weight excluding hydrogens is 412 g/mol. The Morgan fingerprint density at radius 3 is 2.45 bits per heavy atom. The van der Waals surface area contributed by atoms with Crippen LogP contribution in [-0.2, 0) is 35.4 Å². The Kier molecular flexibility index (Phi) is 6.87. The number of aliphatic carboxylic acids is 1. The Hall–Kier alpha value is -3.47. The molecule has 2 heterocycles. The summed E-state index contributed by atoms with van der Waals surface area (Å²) in [6.07, 6.45) is 2.81. The second kappa shape index (κ2) is 9.99. The summed E-state index contributed by atoms with van der Waals surface area (Å²) in [5.41, 5.74) is 7.77. The molecule has 1 aliphatic heterocycles. The molecule has 1 N–H and O–H groups in total. The summed E-state index contributed by atoms with van der Waals surface area (Å²) >= 11 is 0. The van der Waals surface area contributed by atoms with Crippen molar-refractivity contribution in [3.05, 3.63) is 88.2 Å². The van der Waals surface area contributed by atoms with Gasteiger partial charge in [-0.2, -0.15) is 0 Å². The zero-order chi connectivity index (χ0) is 23.4. The number of carbonyl (C=O) groups excluding carboxylic acids is 1. The first-order chi connectivity index (χ1) is 15.9. The Bertz CT molecular complexity index is 1150. The van der Waals surface area contributed by atoms with Crippen molar-refractivity contribution in [1.82, 2.24) is 9.88 Å². The lowest BCUT2D eigenvalue weighted by atomic mass is 9.88. The number of pyridine rings is 1. The van der Waals surface area contributed by atoms with Gasteiger partial charge in [0.15, 0.2) is 0 Å². The molecule has 1 aliphatic rings. The van der Waals surface area contributed by atoms with Gasteiger partial charge in [0.25, 0.3) is 0 Å². The monoisotopic (exact) mass is 442 g/mol. The van der Waals surface area contributed by atoms with Crippen LogP contribution in [0.5, 0.6) is 0 Å². The van der Waals surface area contributed by atoms with Crippen LogP contribution in [0.15, 0.2) is 54.6 Å². The second-order valence-electron chi connectivity index (χ2n) is 8.82. The van der Waals surface area contributed by atoms with Crippen LogP contribution < -0.4 is 0 Å². The third-order valence-electron chi connectivity index (χ3n) is 6.38. The van der Waals surface area contributed by atoms with Gasteiger partial charge >= 0.3 is 5.97 Å². The number of carboxylic acid groups (broad SMARTS) is 1. The van der Waals surface area contributed by atoms with Crippen molar-refractivity contribution >= 4 is 11.9 Å². The van der Waals surface area contributed by atoms with Gasteiger partial charge in [0, 0.05) is 42.9 Å². The van der Waals surface area contributed by atoms with Crippen LogP contribution in [-0.4, -0.2) is 33.4 Å². The van der Waals surface area contributed by atoms with Crippen molar-refractivity contribution < 1.29 is 14.7 Å². The quantitative estimate of drug-likeness (QED) is 0.565. The summed E-state index contributed by atoms with van der Waals surface area (Å²) in [5.74, 6) is -0.732. The van der Waals surface area contributed by atoms with Crippen LogP contribution >= 0.6 is 0 Å². The largest absolute Gasteiger partial charge is 0.481 e. The number of amides is 1. The molecule has 0 atom stereocenters. The van der Waals surface area contributed by atoms with Gasteiger partial charge in [0.05, 0.1) is 6.42 Å². The number of carboxylic acids is 1. The predicted octanol–water partition coefficient (Wildman–Crippen LogP) is 4.90. The Morgan fingerprint density at radius 2 is 1.76 bits per heavy atom. The maximum Gasteiger partial charge on any atom is 0.307 e. The predicted molar refractivity (Wildman–Crippen MR) is 129 cm³/mol. The van der Waals surface area contributed by atoms with E-state index >= 15 is 0 Å². The molecule has 0 unspecified atom stereocenters. The summed E-state index contributed by atoms with van der Waals surface area (Å²) in [7, 11) is 0. The minimum absolute atomic E-state index is 0.0830. The molecule has 33 heavy (non-hydrogen) atoms. The average molecular weight is 443 g/mol. The Balaban J connectivity index is 1.60. The van der Waals surface area contributed by atoms with Crippen molar-refractivity contribution in [2.75, 3.05) is 6.54 Å². The van der Waals surface area contributed by atoms with E-state index in [0.717, 1.165) is 52.0 Å². The fraction of sp³-hybridized carbons (Fsp3) is 0.321. The average Bonchev–Trinajstić information content (AvgIpc) is 2.80. The highest BCUT2D eigenvalue weighted by Crippen LogP contribution is 2.35. The van der Waals surface area contributed by atoms with E-state index in [1.807, 2.05) is 61.2 Å². The summed E-state index contributed by atoms with van der Waals surface area (Å²) in [6, 6.07) is 18.4. The highest BCUT2D eigenvalue weighted by molar-refractivity contribution is 5.81. The Labute approximate surface area is 195 Å². The van der Waals surface area contributed by atoms with Crippen molar-refractivity contribution in [3.63, 3.8) is 0 Å². The first kappa shape index (κ1) is 22.7. The van der Waals surface area contributed by atoms with Gasteiger partial charge in [0.1, 0.15) is 0 Å². The van der Waals surface area contributed by atoms with E-state index in [2.05, 4.69) is 12.1 Å².